The van der Waals surface area contributed by atoms with Gasteiger partial charge in [-0.1, -0.05) is 35.3 Å². The molecule has 0 heterocycles. The van der Waals surface area contributed by atoms with Crippen molar-refractivity contribution in [3.8, 4) is 11.5 Å². The molecule has 0 saturated carbocycles. The lowest BCUT2D eigenvalue weighted by molar-refractivity contribution is 0.218. The van der Waals surface area contributed by atoms with Crippen LogP contribution in [0.1, 0.15) is 0 Å². The minimum atomic E-state index is 0.339. The van der Waals surface area contributed by atoms with Crippen LogP contribution in [-0.4, -0.2) is 13.2 Å². The van der Waals surface area contributed by atoms with E-state index >= 15 is 0 Å². The van der Waals surface area contributed by atoms with Crippen LogP contribution in [0.2, 0.25) is 10.0 Å². The van der Waals surface area contributed by atoms with Gasteiger partial charge in [-0.3, -0.25) is 0 Å². The van der Waals surface area contributed by atoms with Gasteiger partial charge in [-0.05, 0) is 34.1 Å². The fourth-order valence-corrected chi connectivity index (χ4v) is 2.38. The maximum Gasteiger partial charge on any atom is 0.142 e. The Hall–Kier alpha value is -1.10. The van der Waals surface area contributed by atoms with Crippen molar-refractivity contribution < 1.29 is 9.47 Å². The molecule has 2 aromatic rings. The fourth-order valence-electron chi connectivity index (χ4n) is 1.53. The number of rotatable bonds is 5. The van der Waals surface area contributed by atoms with Crippen molar-refractivity contribution in [1.29, 1.82) is 0 Å². The Morgan fingerprint density at radius 1 is 0.950 bits per heavy atom. The number of ether oxygens (including phenoxy) is 2. The number of nitrogens with two attached hydrogens (primary N) is 1. The normalized spacial score (nSPS) is 10.3. The number of anilines is 1. The highest BCUT2D eigenvalue weighted by atomic mass is 79.9. The highest BCUT2D eigenvalue weighted by Crippen LogP contribution is 2.34. The van der Waals surface area contributed by atoms with Crippen LogP contribution in [0, 0.1) is 0 Å². The molecule has 0 unspecified atom stereocenters. The first-order valence-electron chi connectivity index (χ1n) is 5.82. The lowest BCUT2D eigenvalue weighted by Crippen LogP contribution is -2.10. The first-order chi connectivity index (χ1) is 9.58. The third kappa shape index (κ3) is 3.95. The second-order valence-corrected chi connectivity index (χ2v) is 5.60. The molecule has 20 heavy (non-hydrogen) atoms. The van der Waals surface area contributed by atoms with E-state index in [1.165, 1.54) is 0 Å². The van der Waals surface area contributed by atoms with Crippen LogP contribution in [-0.2, 0) is 0 Å². The van der Waals surface area contributed by atoms with Crippen molar-refractivity contribution in [3.63, 3.8) is 0 Å². The van der Waals surface area contributed by atoms with Gasteiger partial charge < -0.3 is 15.2 Å². The third-order valence-electron chi connectivity index (χ3n) is 2.49. The van der Waals surface area contributed by atoms with Crippen molar-refractivity contribution >= 4 is 44.8 Å². The summed E-state index contributed by atoms with van der Waals surface area (Å²) in [6.45, 7) is 0.699. The second-order valence-electron chi connectivity index (χ2n) is 3.93. The van der Waals surface area contributed by atoms with Gasteiger partial charge in [-0.25, -0.2) is 0 Å². The Labute approximate surface area is 135 Å². The topological polar surface area (TPSA) is 44.5 Å². The lowest BCUT2D eigenvalue weighted by atomic mass is 10.3. The highest BCUT2D eigenvalue weighted by molar-refractivity contribution is 9.10. The first kappa shape index (κ1) is 15.3. The molecule has 2 rings (SSSR count). The molecule has 0 spiro atoms. The van der Waals surface area contributed by atoms with Gasteiger partial charge in [0.2, 0.25) is 0 Å². The van der Waals surface area contributed by atoms with Crippen molar-refractivity contribution in [2.45, 2.75) is 0 Å². The van der Waals surface area contributed by atoms with Crippen molar-refractivity contribution in [2.24, 2.45) is 0 Å². The Balaban J connectivity index is 1.88. The van der Waals surface area contributed by atoms with E-state index in [1.807, 2.05) is 12.1 Å². The number of para-hydroxylation sites is 2. The van der Waals surface area contributed by atoms with Gasteiger partial charge in [0.25, 0.3) is 0 Å². The van der Waals surface area contributed by atoms with Crippen LogP contribution in [0.3, 0.4) is 0 Å². The monoisotopic (exact) mass is 375 g/mol. The summed E-state index contributed by atoms with van der Waals surface area (Å²) in [6, 6.07) is 10.6. The van der Waals surface area contributed by atoms with Crippen molar-refractivity contribution in [2.75, 3.05) is 18.9 Å². The maximum atomic E-state index is 6.05. The van der Waals surface area contributed by atoms with Gasteiger partial charge in [0.05, 0.1) is 15.7 Å². The molecule has 3 nitrogen and oxygen atoms in total. The van der Waals surface area contributed by atoms with Crippen LogP contribution in [0.15, 0.2) is 40.9 Å². The summed E-state index contributed by atoms with van der Waals surface area (Å²) in [5.41, 5.74) is 6.36. The zero-order valence-electron chi connectivity index (χ0n) is 10.4. The van der Waals surface area contributed by atoms with Crippen molar-refractivity contribution in [1.82, 2.24) is 0 Å². The van der Waals surface area contributed by atoms with E-state index < -0.39 is 0 Å². The molecule has 0 radical (unpaired) electrons. The zero-order valence-corrected chi connectivity index (χ0v) is 13.5. The molecule has 0 amide bonds. The Morgan fingerprint density at radius 3 is 2.30 bits per heavy atom. The highest BCUT2D eigenvalue weighted by Gasteiger charge is 2.07. The average Bonchev–Trinajstić information content (AvgIpc) is 2.42. The van der Waals surface area contributed by atoms with Gasteiger partial charge in [0.1, 0.15) is 24.7 Å². The predicted octanol–water partition coefficient (Wildman–Crippen LogP) is 4.80. The van der Waals surface area contributed by atoms with Gasteiger partial charge >= 0.3 is 0 Å². The summed E-state index contributed by atoms with van der Waals surface area (Å²) in [7, 11) is 0. The molecule has 0 fully saturated rings. The summed E-state index contributed by atoms with van der Waals surface area (Å²) < 4.78 is 11.8. The Morgan fingerprint density at radius 2 is 1.60 bits per heavy atom. The SMILES string of the molecule is Nc1ccccc1OCCOc1cc(Cl)c(Br)cc1Cl. The molecule has 2 aromatic carbocycles. The quantitative estimate of drug-likeness (QED) is 0.463. The van der Waals surface area contributed by atoms with Crippen LogP contribution >= 0.6 is 39.1 Å². The standard InChI is InChI=1S/C14H12BrCl2NO2/c15-9-7-11(17)14(8-10(9)16)20-6-5-19-13-4-2-1-3-12(13)18/h1-4,7-8H,5-6,18H2. The van der Waals surface area contributed by atoms with Gasteiger partial charge in [0, 0.05) is 10.5 Å². The summed E-state index contributed by atoms with van der Waals surface area (Å²) >= 11 is 15.3. The number of hydrogen-bond donors (Lipinski definition) is 1. The van der Waals surface area contributed by atoms with E-state index in [9.17, 15) is 0 Å². The Bertz CT molecular complexity index is 608. The fraction of sp³-hybridized carbons (Fsp3) is 0.143. The second kappa shape index (κ2) is 7.07. The lowest BCUT2D eigenvalue weighted by Gasteiger charge is -2.11. The number of halogens is 3. The molecule has 0 atom stereocenters. The van der Waals surface area contributed by atoms with Crippen molar-refractivity contribution in [3.05, 3.63) is 50.9 Å². The summed E-state index contributed by atoms with van der Waals surface area (Å²) in [5.74, 6) is 1.15. The molecule has 2 N–H and O–H groups in total. The molecule has 0 aromatic heterocycles. The van der Waals surface area contributed by atoms with E-state index in [0.717, 1.165) is 4.47 Å². The number of hydrogen-bond acceptors (Lipinski definition) is 3. The van der Waals surface area contributed by atoms with Crippen LogP contribution in [0.25, 0.3) is 0 Å². The molecule has 0 saturated heterocycles. The van der Waals surface area contributed by atoms with Crippen LogP contribution in [0.4, 0.5) is 5.69 Å². The summed E-state index contributed by atoms with van der Waals surface area (Å²) in [5, 5.41) is 1.03. The predicted molar refractivity (Wildman–Crippen MR) is 86.0 cm³/mol. The summed E-state index contributed by atoms with van der Waals surface area (Å²) in [4.78, 5) is 0. The molecular weight excluding hydrogens is 365 g/mol. The maximum absolute atomic E-state index is 6.05. The van der Waals surface area contributed by atoms with E-state index in [2.05, 4.69) is 15.9 Å². The molecule has 6 heteroatoms. The van der Waals surface area contributed by atoms with Gasteiger partial charge in [0.15, 0.2) is 0 Å². The number of benzene rings is 2. The molecule has 0 bridgehead atoms. The van der Waals surface area contributed by atoms with Crippen LogP contribution in [0.5, 0.6) is 11.5 Å². The van der Waals surface area contributed by atoms with Gasteiger partial charge in [-0.15, -0.1) is 0 Å². The molecule has 0 aliphatic rings. The molecular formula is C14H12BrCl2NO2. The minimum absolute atomic E-state index is 0.339. The summed E-state index contributed by atoms with van der Waals surface area (Å²) in [6.07, 6.45) is 0. The molecule has 0 aliphatic carbocycles. The zero-order chi connectivity index (χ0) is 14.5. The number of nitrogen functional groups attached to an aromatic ring is 1. The third-order valence-corrected chi connectivity index (χ3v) is 3.98. The Kier molecular flexibility index (Phi) is 5.40. The largest absolute Gasteiger partial charge is 0.488 e. The van der Waals surface area contributed by atoms with E-state index in [4.69, 9.17) is 38.4 Å². The van der Waals surface area contributed by atoms with Crippen LogP contribution < -0.4 is 15.2 Å². The van der Waals surface area contributed by atoms with E-state index in [0.29, 0.717) is 40.4 Å². The van der Waals surface area contributed by atoms with Gasteiger partial charge in [-0.2, -0.15) is 0 Å². The van der Waals surface area contributed by atoms with E-state index in [1.54, 1.807) is 24.3 Å². The first-order valence-corrected chi connectivity index (χ1v) is 7.37. The smallest absolute Gasteiger partial charge is 0.142 e. The average molecular weight is 377 g/mol. The molecule has 106 valence electrons. The minimum Gasteiger partial charge on any atom is -0.488 e. The molecule has 0 aliphatic heterocycles. The van der Waals surface area contributed by atoms with E-state index in [-0.39, 0.29) is 0 Å².